The molecule has 0 radical (unpaired) electrons. The molecule has 0 bridgehead atoms. The van der Waals surface area contributed by atoms with E-state index in [9.17, 15) is 9.18 Å². The quantitative estimate of drug-likeness (QED) is 0.349. The number of ketones is 1. The topological polar surface area (TPSA) is 83.3 Å². The van der Waals surface area contributed by atoms with Crippen LogP contribution >= 0.6 is 0 Å². The molecule has 8 heteroatoms. The molecule has 4 rings (SSSR count). The largest absolute Gasteiger partial charge is 0.396 e. The zero-order chi connectivity index (χ0) is 23.2. The molecule has 2 aromatic rings. The van der Waals surface area contributed by atoms with Crippen molar-refractivity contribution in [3.05, 3.63) is 59.4 Å². The third kappa shape index (κ3) is 3.59. The molecule has 0 fully saturated rings. The van der Waals surface area contributed by atoms with Gasteiger partial charge in [0.2, 0.25) is 5.95 Å². The first-order chi connectivity index (χ1) is 15.1. The van der Waals surface area contributed by atoms with Crippen molar-refractivity contribution in [1.29, 1.82) is 0 Å². The van der Waals surface area contributed by atoms with Crippen molar-refractivity contribution in [3.8, 4) is 0 Å². The summed E-state index contributed by atoms with van der Waals surface area (Å²) in [6, 6.07) is 4.50. The maximum Gasteiger partial charge on any atom is 0.214 e. The molecular formula is C24H27F2N5O. The molecule has 3 heterocycles. The summed E-state index contributed by atoms with van der Waals surface area (Å²) in [7, 11) is 0. The fourth-order valence-corrected chi connectivity index (χ4v) is 4.40. The Labute approximate surface area is 186 Å². The molecule has 4 N–H and O–H groups in total. The SMILES string of the molecule is C=C1C(C(C)=O)=CN2c3c(c(NCCNc4cccc(F)n4)c(F)c(N)c31)CCC2(C)C. The van der Waals surface area contributed by atoms with Gasteiger partial charge in [-0.3, -0.25) is 4.79 Å². The minimum atomic E-state index is -0.568. The van der Waals surface area contributed by atoms with Crippen molar-refractivity contribution in [2.24, 2.45) is 0 Å². The molecule has 1 aromatic heterocycles. The van der Waals surface area contributed by atoms with Gasteiger partial charge in [-0.2, -0.15) is 4.39 Å². The number of anilines is 4. The van der Waals surface area contributed by atoms with Gasteiger partial charge in [0.15, 0.2) is 11.6 Å². The predicted octanol–water partition coefficient (Wildman–Crippen LogP) is 4.50. The van der Waals surface area contributed by atoms with E-state index in [0.717, 1.165) is 17.7 Å². The van der Waals surface area contributed by atoms with Gasteiger partial charge in [-0.15, -0.1) is 0 Å². The third-order valence-electron chi connectivity index (χ3n) is 6.14. The monoisotopic (exact) mass is 439 g/mol. The Bertz CT molecular complexity index is 1160. The number of pyridine rings is 1. The highest BCUT2D eigenvalue weighted by atomic mass is 19.1. The Hall–Kier alpha value is -3.42. The number of carbonyl (C=O) groups excluding carboxylic acids is 1. The molecule has 0 atom stereocenters. The van der Waals surface area contributed by atoms with E-state index < -0.39 is 11.8 Å². The lowest BCUT2D eigenvalue weighted by Crippen LogP contribution is -2.46. The van der Waals surface area contributed by atoms with E-state index in [1.165, 1.54) is 13.0 Å². The molecule has 32 heavy (non-hydrogen) atoms. The summed E-state index contributed by atoms with van der Waals surface area (Å²) in [5.74, 6) is -0.845. The number of benzene rings is 1. The second-order valence-corrected chi connectivity index (χ2v) is 8.76. The van der Waals surface area contributed by atoms with Crippen LogP contribution in [-0.2, 0) is 11.2 Å². The maximum atomic E-state index is 15.5. The Morgan fingerprint density at radius 2 is 2.00 bits per heavy atom. The molecule has 6 nitrogen and oxygen atoms in total. The van der Waals surface area contributed by atoms with Crippen LogP contribution in [0.5, 0.6) is 0 Å². The van der Waals surface area contributed by atoms with Gasteiger partial charge in [-0.1, -0.05) is 12.6 Å². The zero-order valence-electron chi connectivity index (χ0n) is 18.5. The second kappa shape index (κ2) is 7.93. The number of halogens is 2. The van der Waals surface area contributed by atoms with Gasteiger partial charge >= 0.3 is 0 Å². The first-order valence-electron chi connectivity index (χ1n) is 10.6. The summed E-state index contributed by atoms with van der Waals surface area (Å²) in [4.78, 5) is 18.0. The van der Waals surface area contributed by atoms with Crippen LogP contribution in [0.1, 0.15) is 38.3 Å². The fraction of sp³-hybridized carbons (Fsp3) is 0.333. The van der Waals surface area contributed by atoms with Crippen molar-refractivity contribution in [2.45, 2.75) is 39.2 Å². The van der Waals surface area contributed by atoms with Crippen LogP contribution in [0.2, 0.25) is 0 Å². The number of aromatic nitrogens is 1. The number of Topliss-reactive ketones (excluding diaryl/α,β-unsaturated/α-hetero) is 1. The van der Waals surface area contributed by atoms with E-state index in [0.29, 0.717) is 47.7 Å². The van der Waals surface area contributed by atoms with Gasteiger partial charge in [-0.25, -0.2) is 9.37 Å². The first-order valence-corrected chi connectivity index (χ1v) is 10.6. The van der Waals surface area contributed by atoms with E-state index in [1.807, 2.05) is 11.1 Å². The summed E-state index contributed by atoms with van der Waals surface area (Å²) in [5, 5.41) is 6.17. The second-order valence-electron chi connectivity index (χ2n) is 8.76. The van der Waals surface area contributed by atoms with E-state index in [-0.39, 0.29) is 17.0 Å². The molecule has 168 valence electrons. The minimum Gasteiger partial charge on any atom is -0.396 e. The smallest absolute Gasteiger partial charge is 0.214 e. The highest BCUT2D eigenvalue weighted by Gasteiger charge is 2.41. The Morgan fingerprint density at radius 3 is 2.69 bits per heavy atom. The van der Waals surface area contributed by atoms with Crippen LogP contribution in [-0.4, -0.2) is 29.4 Å². The Kier molecular flexibility index (Phi) is 5.40. The normalized spacial score (nSPS) is 16.3. The van der Waals surface area contributed by atoms with Crippen molar-refractivity contribution >= 4 is 34.2 Å². The van der Waals surface area contributed by atoms with Crippen LogP contribution in [0.3, 0.4) is 0 Å². The maximum absolute atomic E-state index is 15.5. The summed E-state index contributed by atoms with van der Waals surface area (Å²) >= 11 is 0. The molecule has 0 amide bonds. The molecule has 1 aromatic carbocycles. The molecule has 0 saturated heterocycles. The molecule has 0 aliphatic carbocycles. The number of hydrogen-bond acceptors (Lipinski definition) is 6. The lowest BCUT2D eigenvalue weighted by atomic mass is 9.79. The molecule has 0 saturated carbocycles. The van der Waals surface area contributed by atoms with Crippen molar-refractivity contribution in [3.63, 3.8) is 0 Å². The summed E-state index contributed by atoms with van der Waals surface area (Å²) in [6.07, 6.45) is 3.24. The van der Waals surface area contributed by atoms with Gasteiger partial charge in [0, 0.05) is 41.5 Å². The van der Waals surface area contributed by atoms with E-state index in [4.69, 9.17) is 5.73 Å². The van der Waals surface area contributed by atoms with Crippen molar-refractivity contribution < 1.29 is 13.6 Å². The average molecular weight is 440 g/mol. The van der Waals surface area contributed by atoms with Gasteiger partial charge in [0.05, 0.1) is 17.1 Å². The van der Waals surface area contributed by atoms with Gasteiger partial charge in [0.1, 0.15) is 5.82 Å². The number of nitrogen functional groups attached to an aromatic ring is 1. The standard InChI is InChI=1S/C24H27F2N5O/c1-13-16(14(2)32)12-31-23-15(8-9-24(31,3)4)22(20(26)21(27)19(13)23)29-11-10-28-18-7-5-6-17(25)30-18/h5-7,12,29H,1,8-11,27H2,2-4H3,(H,28,30). The molecular weight excluding hydrogens is 412 g/mol. The minimum absolute atomic E-state index is 0.0226. The van der Waals surface area contributed by atoms with Crippen LogP contribution in [0.15, 0.2) is 36.6 Å². The lowest BCUT2D eigenvalue weighted by Gasteiger charge is -2.47. The third-order valence-corrected chi connectivity index (χ3v) is 6.14. The Balaban J connectivity index is 1.68. The highest BCUT2D eigenvalue weighted by Crippen LogP contribution is 2.52. The van der Waals surface area contributed by atoms with Crippen LogP contribution in [0, 0.1) is 11.8 Å². The van der Waals surface area contributed by atoms with E-state index in [2.05, 4.69) is 36.0 Å². The number of hydrogen-bond donors (Lipinski definition) is 3. The summed E-state index contributed by atoms with van der Waals surface area (Å²) < 4.78 is 28.7. The summed E-state index contributed by atoms with van der Waals surface area (Å²) in [6.45, 7) is 10.5. The first kappa shape index (κ1) is 21.8. The van der Waals surface area contributed by atoms with Gasteiger partial charge in [-0.05, 0) is 51.3 Å². The number of nitrogens with zero attached hydrogens (tertiary/aromatic N) is 2. The van der Waals surface area contributed by atoms with Gasteiger partial charge in [0.25, 0.3) is 0 Å². The van der Waals surface area contributed by atoms with Crippen molar-refractivity contribution in [2.75, 3.05) is 34.4 Å². The highest BCUT2D eigenvalue weighted by molar-refractivity contribution is 6.14. The number of allylic oxidation sites excluding steroid dienone is 2. The van der Waals surface area contributed by atoms with E-state index >= 15 is 4.39 Å². The molecule has 0 spiro atoms. The number of nitrogens with one attached hydrogen (secondary N) is 2. The fourth-order valence-electron chi connectivity index (χ4n) is 4.40. The van der Waals surface area contributed by atoms with Crippen LogP contribution in [0.25, 0.3) is 5.57 Å². The predicted molar refractivity (Wildman–Crippen MR) is 125 cm³/mol. The van der Waals surface area contributed by atoms with E-state index in [1.54, 1.807) is 12.1 Å². The lowest BCUT2D eigenvalue weighted by molar-refractivity contribution is -0.113. The average Bonchev–Trinajstić information content (AvgIpc) is 2.72. The number of carbonyl (C=O) groups is 1. The molecule has 0 unspecified atom stereocenters. The Morgan fingerprint density at radius 1 is 1.28 bits per heavy atom. The van der Waals surface area contributed by atoms with Crippen LogP contribution in [0.4, 0.5) is 31.7 Å². The number of nitrogens with two attached hydrogens (primary N) is 1. The zero-order valence-corrected chi connectivity index (χ0v) is 18.5. The van der Waals surface area contributed by atoms with Crippen LogP contribution < -0.4 is 21.3 Å². The number of rotatable bonds is 6. The molecule has 2 aliphatic heterocycles. The van der Waals surface area contributed by atoms with Crippen molar-refractivity contribution in [1.82, 2.24) is 4.98 Å². The van der Waals surface area contributed by atoms with Gasteiger partial charge < -0.3 is 21.3 Å². The molecule has 2 aliphatic rings. The summed E-state index contributed by atoms with van der Waals surface area (Å²) in [5.41, 5.74) is 9.32.